The number of likely N-dealkylation sites (N-methyl/N-ethyl adjacent to an activating group) is 1. The summed E-state index contributed by atoms with van der Waals surface area (Å²) in [4.78, 5) is 9.56. The van der Waals surface area contributed by atoms with Crippen molar-refractivity contribution in [3.05, 3.63) is 67.1 Å². The lowest BCUT2D eigenvalue weighted by molar-refractivity contribution is 0.313. The van der Waals surface area contributed by atoms with Crippen molar-refractivity contribution in [2.24, 2.45) is 0 Å². The highest BCUT2D eigenvalue weighted by atomic mass is 16.3. The summed E-state index contributed by atoms with van der Waals surface area (Å²) >= 11 is 0. The van der Waals surface area contributed by atoms with Crippen molar-refractivity contribution in [1.82, 2.24) is 9.88 Å². The average molecular weight is 399 g/mol. The third-order valence-electron chi connectivity index (χ3n) is 5.94. The van der Waals surface area contributed by atoms with Crippen LogP contribution in [-0.4, -0.2) is 50.2 Å². The van der Waals surface area contributed by atoms with E-state index in [-0.39, 0.29) is 0 Å². The van der Waals surface area contributed by atoms with Crippen LogP contribution in [0.15, 0.2) is 71.5 Å². The number of aromatic nitrogens is 1. The third kappa shape index (κ3) is 3.53. The van der Waals surface area contributed by atoms with Crippen LogP contribution >= 0.6 is 0 Å². The Morgan fingerprint density at radius 2 is 1.70 bits per heavy atom. The molecule has 0 bridgehead atoms. The second kappa shape index (κ2) is 7.84. The van der Waals surface area contributed by atoms with E-state index in [1.165, 1.54) is 5.69 Å². The molecule has 152 valence electrons. The van der Waals surface area contributed by atoms with Crippen LogP contribution in [-0.2, 0) is 0 Å². The van der Waals surface area contributed by atoms with Crippen LogP contribution in [0.1, 0.15) is 0 Å². The van der Waals surface area contributed by atoms with Crippen molar-refractivity contribution >= 4 is 22.5 Å². The maximum Gasteiger partial charge on any atom is 0.153 e. The van der Waals surface area contributed by atoms with Gasteiger partial charge in [-0.1, -0.05) is 24.3 Å². The SMILES string of the molecule is CNc1cccc(-c2coc3cc(-c4ccc(N5CCN(C)CC5)cc4)cnc23)c1. The predicted molar refractivity (Wildman–Crippen MR) is 124 cm³/mol. The van der Waals surface area contributed by atoms with E-state index in [1.807, 2.05) is 25.4 Å². The molecule has 0 radical (unpaired) electrons. The van der Waals surface area contributed by atoms with Crippen LogP contribution in [0.4, 0.5) is 11.4 Å². The predicted octanol–water partition coefficient (Wildman–Crippen LogP) is 4.96. The van der Waals surface area contributed by atoms with Gasteiger partial charge in [-0.15, -0.1) is 0 Å². The molecule has 0 aliphatic carbocycles. The molecule has 1 saturated heterocycles. The zero-order chi connectivity index (χ0) is 20.5. The second-order valence-electron chi connectivity index (χ2n) is 7.89. The molecule has 1 aliphatic rings. The zero-order valence-electron chi connectivity index (χ0n) is 17.4. The molecule has 1 aliphatic heterocycles. The smallest absolute Gasteiger partial charge is 0.153 e. The fourth-order valence-electron chi connectivity index (χ4n) is 4.05. The van der Waals surface area contributed by atoms with Crippen LogP contribution in [0.3, 0.4) is 0 Å². The number of furan rings is 1. The summed E-state index contributed by atoms with van der Waals surface area (Å²) in [5.41, 5.74) is 8.37. The number of hydrogen-bond donors (Lipinski definition) is 1. The topological polar surface area (TPSA) is 44.5 Å². The first-order chi connectivity index (χ1) is 14.7. The Balaban J connectivity index is 1.41. The molecule has 5 rings (SSSR count). The maximum absolute atomic E-state index is 5.87. The first-order valence-corrected chi connectivity index (χ1v) is 10.4. The van der Waals surface area contributed by atoms with Gasteiger partial charge in [0.1, 0.15) is 11.8 Å². The van der Waals surface area contributed by atoms with E-state index in [9.17, 15) is 0 Å². The minimum Gasteiger partial charge on any atom is -0.462 e. The van der Waals surface area contributed by atoms with E-state index in [4.69, 9.17) is 9.40 Å². The van der Waals surface area contributed by atoms with Crippen molar-refractivity contribution in [2.75, 3.05) is 50.5 Å². The standard InChI is InChI=1S/C25H26N4O/c1-26-21-5-3-4-19(14-21)23-17-30-24-15-20(16-27-25(23)24)18-6-8-22(9-7-18)29-12-10-28(2)11-13-29/h3-9,14-17,26H,10-13H2,1-2H3. The van der Waals surface area contributed by atoms with Gasteiger partial charge in [-0.05, 0) is 48.5 Å². The van der Waals surface area contributed by atoms with Crippen LogP contribution in [0, 0.1) is 0 Å². The van der Waals surface area contributed by atoms with Crippen molar-refractivity contribution in [3.63, 3.8) is 0 Å². The fourth-order valence-corrected chi connectivity index (χ4v) is 4.05. The van der Waals surface area contributed by atoms with E-state index in [1.54, 1.807) is 6.26 Å². The lowest BCUT2D eigenvalue weighted by atomic mass is 10.0. The summed E-state index contributed by atoms with van der Waals surface area (Å²) in [5.74, 6) is 0. The molecule has 0 amide bonds. The number of nitrogens with zero attached hydrogens (tertiary/aromatic N) is 3. The molecular weight excluding hydrogens is 372 g/mol. The quantitative estimate of drug-likeness (QED) is 0.527. The van der Waals surface area contributed by atoms with Gasteiger partial charge in [0.05, 0.1) is 0 Å². The molecule has 5 heteroatoms. The summed E-state index contributed by atoms with van der Waals surface area (Å²) in [7, 11) is 4.10. The number of benzene rings is 2. The normalized spacial score (nSPS) is 14.9. The molecular formula is C25H26N4O. The van der Waals surface area contributed by atoms with Gasteiger partial charge in [0, 0.05) is 61.9 Å². The highest BCUT2D eigenvalue weighted by Crippen LogP contribution is 2.33. The molecule has 0 unspecified atom stereocenters. The molecule has 2 aromatic heterocycles. The minimum atomic E-state index is 0.806. The van der Waals surface area contributed by atoms with E-state index in [0.717, 1.165) is 65.2 Å². The van der Waals surface area contributed by atoms with Crippen LogP contribution < -0.4 is 10.2 Å². The van der Waals surface area contributed by atoms with E-state index >= 15 is 0 Å². The highest BCUT2D eigenvalue weighted by molar-refractivity contribution is 5.93. The molecule has 1 fully saturated rings. The Kier molecular flexibility index (Phi) is 4.89. The van der Waals surface area contributed by atoms with Gasteiger partial charge in [0.25, 0.3) is 0 Å². The molecule has 2 aromatic carbocycles. The largest absolute Gasteiger partial charge is 0.462 e. The molecule has 0 spiro atoms. The highest BCUT2D eigenvalue weighted by Gasteiger charge is 2.15. The summed E-state index contributed by atoms with van der Waals surface area (Å²) in [5, 5.41) is 3.18. The Hall–Kier alpha value is -3.31. The van der Waals surface area contributed by atoms with Crippen LogP contribution in [0.5, 0.6) is 0 Å². The fraction of sp³-hybridized carbons (Fsp3) is 0.240. The van der Waals surface area contributed by atoms with Crippen LogP contribution in [0.25, 0.3) is 33.4 Å². The average Bonchev–Trinajstić information content (AvgIpc) is 3.23. The summed E-state index contributed by atoms with van der Waals surface area (Å²) < 4.78 is 5.87. The Labute approximate surface area is 176 Å². The number of rotatable bonds is 4. The van der Waals surface area contributed by atoms with E-state index in [0.29, 0.717) is 0 Å². The lowest BCUT2D eigenvalue weighted by Crippen LogP contribution is -2.44. The van der Waals surface area contributed by atoms with Gasteiger partial charge in [-0.25, -0.2) is 0 Å². The maximum atomic E-state index is 5.87. The van der Waals surface area contributed by atoms with Gasteiger partial charge in [-0.3, -0.25) is 4.98 Å². The Morgan fingerprint density at radius 3 is 2.47 bits per heavy atom. The molecule has 4 aromatic rings. The molecule has 0 saturated carbocycles. The third-order valence-corrected chi connectivity index (χ3v) is 5.94. The molecule has 3 heterocycles. The van der Waals surface area contributed by atoms with Crippen molar-refractivity contribution < 1.29 is 4.42 Å². The second-order valence-corrected chi connectivity index (χ2v) is 7.89. The van der Waals surface area contributed by atoms with Crippen molar-refractivity contribution in [2.45, 2.75) is 0 Å². The van der Waals surface area contributed by atoms with Gasteiger partial charge in [-0.2, -0.15) is 0 Å². The van der Waals surface area contributed by atoms with Crippen molar-refractivity contribution in [1.29, 1.82) is 0 Å². The first-order valence-electron chi connectivity index (χ1n) is 10.4. The number of anilines is 2. The molecule has 0 atom stereocenters. The number of hydrogen-bond acceptors (Lipinski definition) is 5. The van der Waals surface area contributed by atoms with Gasteiger partial charge < -0.3 is 19.5 Å². The monoisotopic (exact) mass is 398 g/mol. The summed E-state index contributed by atoms with van der Waals surface area (Å²) in [6.45, 7) is 4.38. The minimum absolute atomic E-state index is 0.806. The number of pyridine rings is 1. The summed E-state index contributed by atoms with van der Waals surface area (Å²) in [6.07, 6.45) is 3.74. The number of nitrogens with one attached hydrogen (secondary N) is 1. The molecule has 1 N–H and O–H groups in total. The van der Waals surface area contributed by atoms with E-state index in [2.05, 4.69) is 64.6 Å². The molecule has 5 nitrogen and oxygen atoms in total. The van der Waals surface area contributed by atoms with Gasteiger partial charge >= 0.3 is 0 Å². The van der Waals surface area contributed by atoms with Gasteiger partial charge in [0.15, 0.2) is 5.58 Å². The zero-order valence-corrected chi connectivity index (χ0v) is 17.4. The van der Waals surface area contributed by atoms with Crippen LogP contribution in [0.2, 0.25) is 0 Å². The van der Waals surface area contributed by atoms with Crippen molar-refractivity contribution in [3.8, 4) is 22.3 Å². The molecule has 30 heavy (non-hydrogen) atoms. The Bertz CT molecular complexity index is 1160. The number of piperazine rings is 1. The first kappa shape index (κ1) is 18.7. The number of fused-ring (bicyclic) bond motifs is 1. The Morgan fingerprint density at radius 1 is 0.900 bits per heavy atom. The van der Waals surface area contributed by atoms with Gasteiger partial charge in [0.2, 0.25) is 0 Å². The summed E-state index contributed by atoms with van der Waals surface area (Å²) in [6, 6.07) is 19.1. The lowest BCUT2D eigenvalue weighted by Gasteiger charge is -2.34. The van der Waals surface area contributed by atoms with E-state index < -0.39 is 0 Å².